The Labute approximate surface area is 197 Å². The maximum atomic E-state index is 13.5. The van der Waals surface area contributed by atoms with Crippen LogP contribution in [0.5, 0.6) is 0 Å². The molecule has 0 saturated heterocycles. The number of fused-ring (bicyclic) bond motifs is 1. The summed E-state index contributed by atoms with van der Waals surface area (Å²) in [4.78, 5) is 32.1. The number of para-hydroxylation sites is 1. The van der Waals surface area contributed by atoms with Crippen molar-refractivity contribution in [2.75, 3.05) is 6.54 Å². The highest BCUT2D eigenvalue weighted by Gasteiger charge is 2.38. The van der Waals surface area contributed by atoms with E-state index in [9.17, 15) is 9.59 Å². The summed E-state index contributed by atoms with van der Waals surface area (Å²) in [6.45, 7) is 2.36. The Balaban J connectivity index is 1.42. The normalized spacial score (nSPS) is 14.0. The van der Waals surface area contributed by atoms with Crippen LogP contribution in [0.1, 0.15) is 22.3 Å². The zero-order valence-electron chi connectivity index (χ0n) is 18.4. The maximum absolute atomic E-state index is 13.5. The molecule has 4 aromatic rings. The van der Waals surface area contributed by atoms with Crippen molar-refractivity contribution in [2.24, 2.45) is 0 Å². The van der Waals surface area contributed by atoms with Crippen LogP contribution >= 0.6 is 11.8 Å². The predicted octanol–water partition coefficient (Wildman–Crippen LogP) is 5.73. The predicted molar refractivity (Wildman–Crippen MR) is 135 cm³/mol. The van der Waals surface area contributed by atoms with Crippen molar-refractivity contribution in [3.63, 3.8) is 0 Å². The molecular formula is C28H24N2O2S. The smallest absolute Gasteiger partial charge is 0.268 e. The number of amides is 2. The van der Waals surface area contributed by atoms with Crippen molar-refractivity contribution in [1.29, 1.82) is 0 Å². The molecule has 0 spiro atoms. The van der Waals surface area contributed by atoms with Crippen molar-refractivity contribution < 1.29 is 9.59 Å². The Kier molecular flexibility index (Phi) is 5.88. The maximum Gasteiger partial charge on any atom is 0.268 e. The minimum Gasteiger partial charge on any atom is -0.361 e. The molecule has 3 aromatic carbocycles. The van der Waals surface area contributed by atoms with Gasteiger partial charge in [0.2, 0.25) is 0 Å². The molecule has 164 valence electrons. The Morgan fingerprint density at radius 3 is 2.36 bits per heavy atom. The third kappa shape index (κ3) is 4.24. The summed E-state index contributed by atoms with van der Waals surface area (Å²) in [6.07, 6.45) is 2.58. The van der Waals surface area contributed by atoms with E-state index in [2.05, 4.69) is 11.1 Å². The van der Waals surface area contributed by atoms with Crippen LogP contribution in [0.4, 0.5) is 0 Å². The summed E-state index contributed by atoms with van der Waals surface area (Å²) in [5, 5.41) is 1.13. The molecule has 0 fully saturated rings. The van der Waals surface area contributed by atoms with Crippen molar-refractivity contribution in [3.8, 4) is 0 Å². The Hall–Kier alpha value is -3.57. The molecule has 5 rings (SSSR count). The summed E-state index contributed by atoms with van der Waals surface area (Å²) in [6, 6.07) is 25.9. The highest BCUT2D eigenvalue weighted by molar-refractivity contribution is 8.03. The topological polar surface area (TPSA) is 53.2 Å². The van der Waals surface area contributed by atoms with Gasteiger partial charge in [0.15, 0.2) is 0 Å². The van der Waals surface area contributed by atoms with E-state index in [0.29, 0.717) is 29.2 Å². The molecule has 0 bridgehead atoms. The van der Waals surface area contributed by atoms with Crippen molar-refractivity contribution in [1.82, 2.24) is 9.88 Å². The van der Waals surface area contributed by atoms with E-state index in [4.69, 9.17) is 0 Å². The zero-order valence-corrected chi connectivity index (χ0v) is 19.2. The molecule has 1 aliphatic rings. The van der Waals surface area contributed by atoms with Crippen LogP contribution in [0.2, 0.25) is 0 Å². The van der Waals surface area contributed by atoms with Gasteiger partial charge in [0.25, 0.3) is 11.8 Å². The van der Waals surface area contributed by atoms with Crippen LogP contribution in [0.25, 0.3) is 16.5 Å². The van der Waals surface area contributed by atoms with Gasteiger partial charge in [0.05, 0.1) is 10.5 Å². The van der Waals surface area contributed by atoms with Crippen molar-refractivity contribution in [2.45, 2.75) is 19.1 Å². The van der Waals surface area contributed by atoms with E-state index < -0.39 is 0 Å². The number of aromatic nitrogens is 1. The summed E-state index contributed by atoms with van der Waals surface area (Å²) in [5.41, 5.74) is 5.71. The van der Waals surface area contributed by atoms with Gasteiger partial charge in [0.1, 0.15) is 0 Å². The second kappa shape index (κ2) is 9.12. The molecule has 2 amide bonds. The SMILES string of the molecule is Cc1ccc(C2=C(SCc3ccccc3)C(=O)N(CCc3c[nH]c4ccccc34)C2=O)cc1. The minimum atomic E-state index is -0.209. The van der Waals surface area contributed by atoms with Gasteiger partial charge in [-0.05, 0) is 36.1 Å². The van der Waals surface area contributed by atoms with Gasteiger partial charge in [-0.3, -0.25) is 14.5 Å². The number of nitrogens with one attached hydrogen (secondary N) is 1. The second-order valence-corrected chi connectivity index (χ2v) is 9.20. The number of carbonyl (C=O) groups excluding carboxylic acids is 2. The molecule has 1 aliphatic heterocycles. The lowest BCUT2D eigenvalue weighted by Gasteiger charge is -2.15. The third-order valence-corrected chi connectivity index (χ3v) is 7.12. The molecule has 0 radical (unpaired) electrons. The number of nitrogens with zero attached hydrogens (tertiary/aromatic N) is 1. The summed E-state index contributed by atoms with van der Waals surface area (Å²) < 4.78 is 0. The van der Waals surface area contributed by atoms with E-state index >= 15 is 0 Å². The number of aromatic amines is 1. The van der Waals surface area contributed by atoms with E-state index in [1.54, 1.807) is 0 Å². The molecule has 1 aromatic heterocycles. The number of imide groups is 1. The first-order valence-electron chi connectivity index (χ1n) is 11.0. The molecule has 0 saturated carbocycles. The number of hydrogen-bond donors (Lipinski definition) is 1. The first kappa shape index (κ1) is 21.3. The molecule has 0 atom stereocenters. The lowest BCUT2D eigenvalue weighted by atomic mass is 10.0. The molecule has 2 heterocycles. The van der Waals surface area contributed by atoms with Crippen LogP contribution in [0.3, 0.4) is 0 Å². The highest BCUT2D eigenvalue weighted by atomic mass is 32.2. The minimum absolute atomic E-state index is 0.198. The van der Waals surface area contributed by atoms with Crippen LogP contribution in [0, 0.1) is 6.92 Å². The number of aryl methyl sites for hydroxylation is 1. The molecule has 1 N–H and O–H groups in total. The first-order valence-corrected chi connectivity index (χ1v) is 12.0. The Morgan fingerprint density at radius 2 is 1.58 bits per heavy atom. The van der Waals surface area contributed by atoms with E-state index in [1.165, 1.54) is 16.7 Å². The highest BCUT2D eigenvalue weighted by Crippen LogP contribution is 2.37. The number of thioether (sulfide) groups is 1. The van der Waals surface area contributed by atoms with Crippen molar-refractivity contribution in [3.05, 3.63) is 112 Å². The van der Waals surface area contributed by atoms with Crippen LogP contribution in [-0.2, 0) is 21.8 Å². The van der Waals surface area contributed by atoms with Gasteiger partial charge in [-0.25, -0.2) is 0 Å². The monoisotopic (exact) mass is 452 g/mol. The fourth-order valence-electron chi connectivity index (χ4n) is 4.17. The summed E-state index contributed by atoms with van der Waals surface area (Å²) in [5.74, 6) is 0.233. The van der Waals surface area contributed by atoms with Gasteiger partial charge >= 0.3 is 0 Å². The standard InChI is InChI=1S/C28H24N2O2S/c1-19-11-13-21(14-12-19)25-26(33-18-20-7-3-2-4-8-20)28(32)30(27(25)31)16-15-22-17-29-24-10-6-5-9-23(22)24/h2-14,17,29H,15-16,18H2,1H3. The second-order valence-electron chi connectivity index (χ2n) is 8.22. The fourth-order valence-corrected chi connectivity index (χ4v) is 5.25. The Morgan fingerprint density at radius 1 is 0.848 bits per heavy atom. The average Bonchev–Trinajstić information content (AvgIpc) is 3.36. The molecular weight excluding hydrogens is 428 g/mol. The molecule has 0 unspecified atom stereocenters. The van der Waals surface area contributed by atoms with E-state index in [-0.39, 0.29) is 11.8 Å². The van der Waals surface area contributed by atoms with E-state index in [1.807, 2.05) is 85.9 Å². The number of hydrogen-bond acceptors (Lipinski definition) is 3. The van der Waals surface area contributed by atoms with Crippen molar-refractivity contribution >= 4 is 40.1 Å². The average molecular weight is 453 g/mol. The summed E-state index contributed by atoms with van der Waals surface area (Å²) >= 11 is 1.45. The van der Waals surface area contributed by atoms with Gasteiger partial charge in [0, 0.05) is 29.4 Å². The Bertz CT molecular complexity index is 1350. The molecule has 0 aliphatic carbocycles. The largest absolute Gasteiger partial charge is 0.361 e. The number of carbonyl (C=O) groups is 2. The first-order chi connectivity index (χ1) is 16.1. The number of H-pyrrole nitrogens is 1. The lowest BCUT2D eigenvalue weighted by Crippen LogP contribution is -2.33. The van der Waals surface area contributed by atoms with Gasteiger partial charge < -0.3 is 4.98 Å². The van der Waals surface area contributed by atoms with Gasteiger partial charge in [-0.15, -0.1) is 11.8 Å². The number of rotatable bonds is 7. The molecule has 33 heavy (non-hydrogen) atoms. The summed E-state index contributed by atoms with van der Waals surface area (Å²) in [7, 11) is 0. The van der Waals surface area contributed by atoms with Crippen LogP contribution in [-0.4, -0.2) is 28.2 Å². The van der Waals surface area contributed by atoms with Crippen LogP contribution < -0.4 is 0 Å². The molecule has 5 heteroatoms. The number of benzene rings is 3. The van der Waals surface area contributed by atoms with E-state index in [0.717, 1.165) is 33.2 Å². The zero-order chi connectivity index (χ0) is 22.8. The quantitative estimate of drug-likeness (QED) is 0.364. The van der Waals surface area contributed by atoms with Gasteiger partial charge in [-0.1, -0.05) is 78.4 Å². The lowest BCUT2D eigenvalue weighted by molar-refractivity contribution is -0.136. The van der Waals surface area contributed by atoms with Crippen LogP contribution in [0.15, 0.2) is 90.0 Å². The molecule has 4 nitrogen and oxygen atoms in total. The third-order valence-electron chi connectivity index (χ3n) is 5.97. The van der Waals surface area contributed by atoms with Gasteiger partial charge in [-0.2, -0.15) is 0 Å². The fraction of sp³-hybridized carbons (Fsp3) is 0.143.